The van der Waals surface area contributed by atoms with Crippen LogP contribution in [0.5, 0.6) is 0 Å². The molecule has 0 amide bonds. The Morgan fingerprint density at radius 2 is 0.860 bits per heavy atom. The second-order valence-electron chi connectivity index (χ2n) is 14.8. The van der Waals surface area contributed by atoms with E-state index < -0.39 is 5.41 Å². The van der Waals surface area contributed by atoms with Gasteiger partial charge in [0.25, 0.3) is 0 Å². The molecule has 0 N–H and O–H groups in total. The highest BCUT2D eigenvalue weighted by molar-refractivity contribution is 6.00. The van der Waals surface area contributed by atoms with E-state index >= 15 is 0 Å². The topological polar surface area (TPSA) is 30.1 Å². The van der Waals surface area contributed by atoms with Gasteiger partial charge in [-0.25, -0.2) is 14.8 Å². The molecule has 0 radical (unpaired) electrons. The summed E-state index contributed by atoms with van der Waals surface area (Å²) >= 11 is 0. The van der Waals surface area contributed by atoms with E-state index in [1.165, 1.54) is 44.5 Å². The van der Waals surface area contributed by atoms with Gasteiger partial charge in [-0.3, -0.25) is 0 Å². The zero-order valence-corrected chi connectivity index (χ0v) is 30.9. The van der Waals surface area contributed by atoms with E-state index in [0.717, 1.165) is 50.3 Å². The highest BCUT2D eigenvalue weighted by Crippen LogP contribution is 2.64. The third-order valence-electron chi connectivity index (χ3n) is 11.7. The van der Waals surface area contributed by atoms with Gasteiger partial charge in [0.15, 0.2) is 11.5 Å². The average molecular weight is 724 g/mol. The van der Waals surface area contributed by atoms with Crippen molar-refractivity contribution in [2.24, 2.45) is 0 Å². The molecule has 9 aromatic rings. The van der Waals surface area contributed by atoms with Crippen molar-refractivity contribution in [3.63, 3.8) is 0 Å². The molecule has 2 aliphatic rings. The largest absolute Gasteiger partial charge is 0.238 e. The van der Waals surface area contributed by atoms with E-state index in [4.69, 9.17) is 16.5 Å². The molecule has 57 heavy (non-hydrogen) atoms. The van der Waals surface area contributed by atoms with Gasteiger partial charge in [0.1, 0.15) is 0 Å². The lowest BCUT2D eigenvalue weighted by atomic mass is 9.70. The van der Waals surface area contributed by atoms with E-state index in [0.29, 0.717) is 11.5 Å². The maximum atomic E-state index is 8.00. The van der Waals surface area contributed by atoms with Crippen LogP contribution < -0.4 is 0 Å². The predicted molar refractivity (Wildman–Crippen MR) is 232 cm³/mol. The highest BCUT2D eigenvalue weighted by Gasteiger charge is 2.52. The summed E-state index contributed by atoms with van der Waals surface area (Å²) in [6.07, 6.45) is 0. The first-order chi connectivity index (χ1) is 28.2. The molecule has 8 aromatic carbocycles. The van der Waals surface area contributed by atoms with Gasteiger partial charge in [-0.15, -0.1) is 0 Å². The summed E-state index contributed by atoms with van der Waals surface area (Å²) in [7, 11) is 0. The summed E-state index contributed by atoms with van der Waals surface area (Å²) in [6.45, 7) is 8.00. The Hall–Kier alpha value is -7.67. The molecule has 0 saturated heterocycles. The summed E-state index contributed by atoms with van der Waals surface area (Å²) in [5.41, 5.74) is 19.2. The molecule has 0 unspecified atom stereocenters. The summed E-state index contributed by atoms with van der Waals surface area (Å²) in [6, 6.07) is 70.7. The second-order valence-corrected chi connectivity index (χ2v) is 14.8. The molecule has 0 atom stereocenters. The molecular weight excluding hydrogens is 691 g/mol. The Kier molecular flexibility index (Phi) is 7.45. The van der Waals surface area contributed by atoms with Gasteiger partial charge >= 0.3 is 0 Å². The third kappa shape index (κ3) is 5.05. The van der Waals surface area contributed by atoms with Crippen LogP contribution in [0.4, 0.5) is 5.69 Å². The Morgan fingerprint density at radius 3 is 1.54 bits per heavy atom. The first kappa shape index (κ1) is 32.7. The van der Waals surface area contributed by atoms with E-state index in [2.05, 4.69) is 187 Å². The molecule has 1 heterocycles. The molecule has 3 heteroatoms. The van der Waals surface area contributed by atoms with Crippen LogP contribution in [-0.2, 0) is 5.41 Å². The van der Waals surface area contributed by atoms with E-state index in [1.54, 1.807) is 0 Å². The van der Waals surface area contributed by atoms with Crippen LogP contribution in [0.15, 0.2) is 200 Å². The van der Waals surface area contributed by atoms with Gasteiger partial charge in [-0.05, 0) is 78.9 Å². The molecular formula is C54H33N3. The third-order valence-corrected chi connectivity index (χ3v) is 11.7. The minimum Gasteiger partial charge on any atom is -0.238 e. The second kappa shape index (κ2) is 13.0. The summed E-state index contributed by atoms with van der Waals surface area (Å²) < 4.78 is 0. The number of rotatable bonds is 5. The summed E-state index contributed by atoms with van der Waals surface area (Å²) in [4.78, 5) is 14.3. The predicted octanol–water partition coefficient (Wildman–Crippen LogP) is 13.7. The van der Waals surface area contributed by atoms with Crippen LogP contribution in [0.2, 0.25) is 0 Å². The van der Waals surface area contributed by atoms with Crippen molar-refractivity contribution in [1.82, 2.24) is 9.97 Å². The fourth-order valence-corrected chi connectivity index (χ4v) is 9.26. The van der Waals surface area contributed by atoms with Crippen LogP contribution in [0.25, 0.3) is 83.3 Å². The van der Waals surface area contributed by atoms with Gasteiger partial charge in [0, 0.05) is 16.7 Å². The molecule has 1 aromatic heterocycles. The molecule has 0 aliphatic heterocycles. The number of hydrogen-bond acceptors (Lipinski definition) is 2. The molecule has 1 spiro atoms. The number of benzene rings is 8. The van der Waals surface area contributed by atoms with Gasteiger partial charge in [0.05, 0.1) is 23.4 Å². The lowest BCUT2D eigenvalue weighted by molar-refractivity contribution is 0.794. The zero-order chi connectivity index (χ0) is 37.9. The monoisotopic (exact) mass is 723 g/mol. The molecule has 3 nitrogen and oxygen atoms in total. The maximum absolute atomic E-state index is 8.00. The van der Waals surface area contributed by atoms with E-state index in [1.807, 2.05) is 18.2 Å². The summed E-state index contributed by atoms with van der Waals surface area (Å²) in [5.74, 6) is 0.671. The Bertz CT molecular complexity index is 3020. The molecule has 11 rings (SSSR count). The maximum Gasteiger partial charge on any atom is 0.187 e. The zero-order valence-electron chi connectivity index (χ0n) is 30.9. The van der Waals surface area contributed by atoms with Crippen LogP contribution >= 0.6 is 0 Å². The van der Waals surface area contributed by atoms with Crippen molar-refractivity contribution in [3.05, 3.63) is 234 Å². The van der Waals surface area contributed by atoms with Crippen molar-refractivity contribution in [3.8, 4) is 78.4 Å². The Balaban J connectivity index is 1.09. The molecule has 2 aliphatic carbocycles. The van der Waals surface area contributed by atoms with Crippen LogP contribution in [0.1, 0.15) is 22.3 Å². The van der Waals surface area contributed by atoms with E-state index in [9.17, 15) is 0 Å². The lowest BCUT2D eigenvalue weighted by Crippen LogP contribution is -2.25. The standard InChI is InChI=1S/C54H33N3/c1-55-41-30-31-45-49(33-41)54(46-23-10-8-20-43(46)44-21-9-11-24-47(44)54)48-25-13-22-42(52(45)48)39-18-12-19-40(32-39)53-56-50(37-16-6-3-7-17-37)34-51(57-53)38-28-26-36(27-29-38)35-14-4-2-5-15-35/h2-34H. The first-order valence-electron chi connectivity index (χ1n) is 19.3. The average Bonchev–Trinajstić information content (AvgIpc) is 3.77. The quantitative estimate of drug-likeness (QED) is 0.166. The van der Waals surface area contributed by atoms with Crippen molar-refractivity contribution in [1.29, 1.82) is 0 Å². The molecule has 0 bridgehead atoms. The minimum atomic E-state index is -0.537. The van der Waals surface area contributed by atoms with E-state index in [-0.39, 0.29) is 0 Å². The number of nitrogens with zero attached hydrogens (tertiary/aromatic N) is 3. The fraction of sp³-hybridized carbons (Fsp3) is 0.0185. The van der Waals surface area contributed by atoms with Gasteiger partial charge in [-0.1, -0.05) is 188 Å². The molecule has 0 fully saturated rings. The number of aromatic nitrogens is 2. The normalized spacial score (nSPS) is 12.7. The van der Waals surface area contributed by atoms with Gasteiger partial charge < -0.3 is 0 Å². The number of fused-ring (bicyclic) bond motifs is 10. The van der Waals surface area contributed by atoms with Crippen molar-refractivity contribution < 1.29 is 0 Å². The minimum absolute atomic E-state index is 0.537. The fourth-order valence-electron chi connectivity index (χ4n) is 9.26. The molecule has 264 valence electrons. The van der Waals surface area contributed by atoms with Crippen LogP contribution in [0, 0.1) is 6.57 Å². The van der Waals surface area contributed by atoms with Crippen molar-refractivity contribution >= 4 is 5.69 Å². The Morgan fingerprint density at radius 1 is 0.351 bits per heavy atom. The van der Waals surface area contributed by atoms with Gasteiger partial charge in [-0.2, -0.15) is 0 Å². The smallest absolute Gasteiger partial charge is 0.187 e. The van der Waals surface area contributed by atoms with Crippen LogP contribution in [0.3, 0.4) is 0 Å². The van der Waals surface area contributed by atoms with Gasteiger partial charge in [0.2, 0.25) is 0 Å². The highest BCUT2D eigenvalue weighted by atomic mass is 14.9. The Labute approximate surface area is 332 Å². The van der Waals surface area contributed by atoms with Crippen molar-refractivity contribution in [2.45, 2.75) is 5.41 Å². The van der Waals surface area contributed by atoms with Crippen LogP contribution in [-0.4, -0.2) is 9.97 Å². The number of hydrogen-bond donors (Lipinski definition) is 0. The summed E-state index contributed by atoms with van der Waals surface area (Å²) in [5, 5.41) is 0. The SMILES string of the molecule is [C-]#[N+]c1ccc2c(c1)C1(c3ccccc3-c3ccccc31)c1cccc(-c3cccc(-c4nc(-c5ccccc5)cc(-c5ccc(-c6ccccc6)cc5)n4)c3)c1-2. The first-order valence-corrected chi connectivity index (χ1v) is 19.3. The lowest BCUT2D eigenvalue weighted by Gasteiger charge is -2.30. The molecule has 0 saturated carbocycles. The van der Waals surface area contributed by atoms with Crippen molar-refractivity contribution in [2.75, 3.05) is 0 Å².